The van der Waals surface area contributed by atoms with Crippen LogP contribution in [0.2, 0.25) is 0 Å². The highest BCUT2D eigenvalue weighted by Gasteiger charge is 2.42. The number of nitrogens with zero attached hydrogens (tertiary/aromatic N) is 1. The molecule has 0 saturated carbocycles. The lowest BCUT2D eigenvalue weighted by Crippen LogP contribution is -2.31. The van der Waals surface area contributed by atoms with Crippen molar-refractivity contribution < 1.29 is 23.4 Å². The van der Waals surface area contributed by atoms with E-state index in [1.54, 1.807) is 41.3 Å². The molecule has 2 heterocycles. The Balaban J connectivity index is 1.83. The Labute approximate surface area is 198 Å². The molecule has 1 aromatic heterocycles. The molecule has 4 rings (SSSR count). The summed E-state index contributed by atoms with van der Waals surface area (Å²) >= 11 is 0. The van der Waals surface area contributed by atoms with Gasteiger partial charge in [0.15, 0.2) is 16.9 Å². The maximum Gasteiger partial charge on any atom is 0.290 e. The lowest BCUT2D eigenvalue weighted by atomic mass is 9.98. The Morgan fingerprint density at radius 2 is 1.88 bits per heavy atom. The molecule has 1 aliphatic heterocycles. The fourth-order valence-electron chi connectivity index (χ4n) is 4.26. The van der Waals surface area contributed by atoms with Crippen LogP contribution >= 0.6 is 0 Å². The second-order valence-corrected chi connectivity index (χ2v) is 7.86. The van der Waals surface area contributed by atoms with Gasteiger partial charge in [-0.25, -0.2) is 0 Å². The van der Waals surface area contributed by atoms with Crippen molar-refractivity contribution in [3.8, 4) is 11.5 Å². The number of carbonyl (C=O) groups excluding carboxylic acids is 1. The van der Waals surface area contributed by atoms with E-state index in [0.717, 1.165) is 5.56 Å². The summed E-state index contributed by atoms with van der Waals surface area (Å²) in [7, 11) is 0. The van der Waals surface area contributed by atoms with Crippen LogP contribution in [0.3, 0.4) is 0 Å². The quantitative estimate of drug-likeness (QED) is 0.302. The van der Waals surface area contributed by atoms with E-state index in [4.69, 9.17) is 18.6 Å². The zero-order valence-electron chi connectivity index (χ0n) is 19.5. The van der Waals surface area contributed by atoms with Crippen LogP contribution in [0.4, 0.5) is 0 Å². The van der Waals surface area contributed by atoms with Gasteiger partial charge in [-0.1, -0.05) is 30.9 Å². The fraction of sp³-hybridized carbons (Fsp3) is 0.333. The van der Waals surface area contributed by atoms with Gasteiger partial charge in [0.2, 0.25) is 5.76 Å². The molecule has 0 bridgehead atoms. The zero-order valence-corrected chi connectivity index (χ0v) is 19.5. The molecule has 34 heavy (non-hydrogen) atoms. The molecule has 0 radical (unpaired) electrons. The summed E-state index contributed by atoms with van der Waals surface area (Å²) in [6.07, 6.45) is 2.29. The Morgan fingerprint density at radius 1 is 1.06 bits per heavy atom. The maximum atomic E-state index is 13.6. The summed E-state index contributed by atoms with van der Waals surface area (Å²) in [6, 6.07) is 11.9. The van der Waals surface area contributed by atoms with Gasteiger partial charge in [-0.2, -0.15) is 0 Å². The Hall–Kier alpha value is -3.58. The van der Waals surface area contributed by atoms with Gasteiger partial charge in [0.1, 0.15) is 12.2 Å². The van der Waals surface area contributed by atoms with Crippen LogP contribution in [0, 0.1) is 0 Å². The normalized spacial score (nSPS) is 14.9. The standard InChI is InChI=1S/C27H29NO6/c1-4-15-33-21-13-12-18(17-22(21)32-6-3)24-23-25(29)19-10-7-8-11-20(19)34-26(23)27(30)28(24)14-9-16-31-5-2/h4,7-8,10-13,17,24H,1,5-6,9,14-16H2,2-3H3/t24-/m1/s1. The number of para-hydroxylation sites is 1. The summed E-state index contributed by atoms with van der Waals surface area (Å²) in [6.45, 7) is 9.83. The molecule has 1 atom stereocenters. The van der Waals surface area contributed by atoms with E-state index in [1.807, 2.05) is 26.0 Å². The lowest BCUT2D eigenvalue weighted by Gasteiger charge is -2.26. The SMILES string of the molecule is C=CCOc1ccc([C@@H]2c3c(oc4ccccc4c3=O)C(=O)N2CCCOCC)cc1OCC. The van der Waals surface area contributed by atoms with Gasteiger partial charge in [-0.3, -0.25) is 9.59 Å². The highest BCUT2D eigenvalue weighted by Crippen LogP contribution is 2.41. The number of hydrogen-bond donors (Lipinski definition) is 0. The summed E-state index contributed by atoms with van der Waals surface area (Å²) in [5.74, 6) is 0.907. The predicted octanol–water partition coefficient (Wildman–Crippen LogP) is 4.73. The number of benzene rings is 2. The van der Waals surface area contributed by atoms with Gasteiger partial charge in [0.25, 0.3) is 5.91 Å². The van der Waals surface area contributed by atoms with E-state index in [1.165, 1.54) is 0 Å². The van der Waals surface area contributed by atoms with E-state index in [0.29, 0.717) is 67.4 Å². The number of hydrogen-bond acceptors (Lipinski definition) is 6. The van der Waals surface area contributed by atoms with E-state index in [9.17, 15) is 9.59 Å². The van der Waals surface area contributed by atoms with Gasteiger partial charge < -0.3 is 23.5 Å². The van der Waals surface area contributed by atoms with Gasteiger partial charge in [0.05, 0.1) is 23.6 Å². The van der Waals surface area contributed by atoms with E-state index in [2.05, 4.69) is 6.58 Å². The first-order valence-electron chi connectivity index (χ1n) is 11.6. The first-order chi connectivity index (χ1) is 16.6. The van der Waals surface area contributed by atoms with Crippen molar-refractivity contribution in [2.45, 2.75) is 26.3 Å². The minimum atomic E-state index is -0.599. The molecule has 178 valence electrons. The van der Waals surface area contributed by atoms with Crippen molar-refractivity contribution in [3.05, 3.63) is 82.2 Å². The Bertz CT molecular complexity index is 1250. The molecular formula is C27H29NO6. The molecule has 0 aliphatic carbocycles. The van der Waals surface area contributed by atoms with Gasteiger partial charge in [-0.05, 0) is 50.1 Å². The first-order valence-corrected chi connectivity index (χ1v) is 11.6. The molecule has 7 heteroatoms. The summed E-state index contributed by atoms with van der Waals surface area (Å²) in [5.41, 5.74) is 1.30. The molecule has 3 aromatic rings. The summed E-state index contributed by atoms with van der Waals surface area (Å²) < 4.78 is 23.0. The number of rotatable bonds is 11. The predicted molar refractivity (Wildman–Crippen MR) is 130 cm³/mol. The zero-order chi connectivity index (χ0) is 24.1. The van der Waals surface area contributed by atoms with E-state index >= 15 is 0 Å². The number of amides is 1. The van der Waals surface area contributed by atoms with Crippen molar-refractivity contribution >= 4 is 16.9 Å². The number of carbonyl (C=O) groups is 1. The smallest absolute Gasteiger partial charge is 0.290 e. The summed E-state index contributed by atoms with van der Waals surface area (Å²) in [4.78, 5) is 28.7. The van der Waals surface area contributed by atoms with Crippen LogP contribution in [0.25, 0.3) is 11.0 Å². The Kier molecular flexibility index (Phi) is 7.33. The van der Waals surface area contributed by atoms with Gasteiger partial charge in [0, 0.05) is 19.8 Å². The molecule has 0 unspecified atom stereocenters. The van der Waals surface area contributed by atoms with Crippen LogP contribution in [0.15, 0.2) is 64.3 Å². The second kappa shape index (κ2) is 10.6. The van der Waals surface area contributed by atoms with Crippen LogP contribution in [0.5, 0.6) is 11.5 Å². The van der Waals surface area contributed by atoms with Gasteiger partial charge >= 0.3 is 0 Å². The van der Waals surface area contributed by atoms with Crippen molar-refractivity contribution in [3.63, 3.8) is 0 Å². The van der Waals surface area contributed by atoms with Crippen LogP contribution in [-0.4, -0.2) is 43.8 Å². The molecule has 0 N–H and O–H groups in total. The molecule has 7 nitrogen and oxygen atoms in total. The molecular weight excluding hydrogens is 434 g/mol. The van der Waals surface area contributed by atoms with E-state index < -0.39 is 6.04 Å². The molecule has 0 saturated heterocycles. The first kappa shape index (κ1) is 23.6. The molecule has 1 aliphatic rings. The minimum Gasteiger partial charge on any atom is -0.490 e. The van der Waals surface area contributed by atoms with Crippen molar-refractivity contribution in [1.82, 2.24) is 4.90 Å². The third kappa shape index (κ3) is 4.43. The van der Waals surface area contributed by atoms with Crippen molar-refractivity contribution in [1.29, 1.82) is 0 Å². The second-order valence-electron chi connectivity index (χ2n) is 7.86. The van der Waals surface area contributed by atoms with Crippen LogP contribution < -0.4 is 14.9 Å². The molecule has 2 aromatic carbocycles. The van der Waals surface area contributed by atoms with Crippen molar-refractivity contribution in [2.75, 3.05) is 33.0 Å². The summed E-state index contributed by atoms with van der Waals surface area (Å²) in [5, 5.41) is 0.450. The molecule has 0 spiro atoms. The minimum absolute atomic E-state index is 0.0926. The largest absolute Gasteiger partial charge is 0.490 e. The highest BCUT2D eigenvalue weighted by molar-refractivity contribution is 5.99. The van der Waals surface area contributed by atoms with Crippen molar-refractivity contribution in [2.24, 2.45) is 0 Å². The average Bonchev–Trinajstić information content (AvgIpc) is 3.13. The molecule has 1 amide bonds. The van der Waals surface area contributed by atoms with Crippen LogP contribution in [-0.2, 0) is 4.74 Å². The monoisotopic (exact) mass is 463 g/mol. The van der Waals surface area contributed by atoms with Gasteiger partial charge in [-0.15, -0.1) is 0 Å². The van der Waals surface area contributed by atoms with Crippen LogP contribution in [0.1, 0.15) is 48.0 Å². The molecule has 0 fully saturated rings. The van der Waals surface area contributed by atoms with E-state index in [-0.39, 0.29) is 17.1 Å². The fourth-order valence-corrected chi connectivity index (χ4v) is 4.26. The number of fused-ring (bicyclic) bond motifs is 2. The average molecular weight is 464 g/mol. The topological polar surface area (TPSA) is 78.2 Å². The number of ether oxygens (including phenoxy) is 3. The lowest BCUT2D eigenvalue weighted by molar-refractivity contribution is 0.0695. The highest BCUT2D eigenvalue weighted by atomic mass is 16.5. The maximum absolute atomic E-state index is 13.6. The Morgan fingerprint density at radius 3 is 2.65 bits per heavy atom. The third-order valence-corrected chi connectivity index (χ3v) is 5.71. The third-order valence-electron chi connectivity index (χ3n) is 5.71.